The lowest BCUT2D eigenvalue weighted by atomic mass is 9.85. The fraction of sp³-hybridized carbons (Fsp3) is 0.241. The molecule has 3 N–H and O–H groups in total. The van der Waals surface area contributed by atoms with Crippen LogP contribution in [-0.4, -0.2) is 36.7 Å². The van der Waals surface area contributed by atoms with Gasteiger partial charge in [0.25, 0.3) is 11.7 Å². The summed E-state index contributed by atoms with van der Waals surface area (Å²) in [7, 11) is -3.82. The van der Waals surface area contributed by atoms with Crippen LogP contribution in [0.4, 0.5) is 0 Å². The number of aliphatic hydroxyl groups excluding tert-OH is 1. The van der Waals surface area contributed by atoms with Crippen LogP contribution in [0.5, 0.6) is 0 Å². The molecule has 0 saturated carbocycles. The fourth-order valence-corrected chi connectivity index (χ4v) is 5.26. The Kier molecular flexibility index (Phi) is 7.65. The second-order valence-electron chi connectivity index (χ2n) is 10.3. The highest BCUT2D eigenvalue weighted by atomic mass is 79.9. The Labute approximate surface area is 231 Å². The van der Waals surface area contributed by atoms with E-state index in [1.807, 2.05) is 24.3 Å². The first kappa shape index (κ1) is 27.8. The van der Waals surface area contributed by atoms with E-state index < -0.39 is 27.8 Å². The molecule has 1 saturated heterocycles. The number of benzene rings is 3. The average molecular weight is 598 g/mol. The maximum atomic E-state index is 13.3. The third-order valence-electron chi connectivity index (χ3n) is 6.64. The zero-order chi connectivity index (χ0) is 27.8. The molecular formula is C29H29BrN2O5S. The number of carbonyl (C=O) groups excluding carboxylic acids is 2. The summed E-state index contributed by atoms with van der Waals surface area (Å²) in [5.74, 6) is -1.68. The number of rotatable bonds is 6. The van der Waals surface area contributed by atoms with Crippen molar-refractivity contribution in [3.8, 4) is 0 Å². The van der Waals surface area contributed by atoms with Crippen LogP contribution in [0.3, 0.4) is 0 Å². The molecule has 1 aliphatic heterocycles. The molecule has 0 unspecified atom stereocenters. The van der Waals surface area contributed by atoms with Crippen molar-refractivity contribution in [3.63, 3.8) is 0 Å². The summed E-state index contributed by atoms with van der Waals surface area (Å²) in [4.78, 5) is 28.0. The maximum absolute atomic E-state index is 13.3. The Bertz CT molecular complexity index is 1510. The first-order chi connectivity index (χ1) is 17.8. The molecule has 198 valence electrons. The lowest BCUT2D eigenvalue weighted by Gasteiger charge is -2.26. The summed E-state index contributed by atoms with van der Waals surface area (Å²) in [5.41, 5.74) is 2.96. The number of sulfonamides is 1. The third-order valence-corrected chi connectivity index (χ3v) is 8.10. The third kappa shape index (κ3) is 5.75. The molecule has 1 aliphatic rings. The zero-order valence-corrected chi connectivity index (χ0v) is 23.7. The molecule has 9 heteroatoms. The van der Waals surface area contributed by atoms with Gasteiger partial charge in [-0.25, -0.2) is 13.6 Å². The van der Waals surface area contributed by atoms with Crippen molar-refractivity contribution in [1.82, 2.24) is 4.90 Å². The molecule has 1 fully saturated rings. The molecule has 1 amide bonds. The Morgan fingerprint density at radius 1 is 0.947 bits per heavy atom. The van der Waals surface area contributed by atoms with Gasteiger partial charge in [-0.2, -0.15) is 0 Å². The first-order valence-corrected chi connectivity index (χ1v) is 14.4. The minimum Gasteiger partial charge on any atom is -0.507 e. The average Bonchev–Trinajstić information content (AvgIpc) is 3.11. The van der Waals surface area contributed by atoms with Crippen LogP contribution in [-0.2, 0) is 31.4 Å². The van der Waals surface area contributed by atoms with Gasteiger partial charge in [0.1, 0.15) is 5.76 Å². The van der Waals surface area contributed by atoms with Crippen LogP contribution in [0.2, 0.25) is 0 Å². The maximum Gasteiger partial charge on any atom is 0.295 e. The van der Waals surface area contributed by atoms with Crippen molar-refractivity contribution in [1.29, 1.82) is 0 Å². The number of primary sulfonamides is 1. The minimum absolute atomic E-state index is 0.00451. The van der Waals surface area contributed by atoms with E-state index in [0.717, 1.165) is 15.6 Å². The van der Waals surface area contributed by atoms with Crippen LogP contribution < -0.4 is 5.14 Å². The van der Waals surface area contributed by atoms with Gasteiger partial charge in [0.2, 0.25) is 10.0 Å². The van der Waals surface area contributed by atoms with Crippen molar-refractivity contribution in [2.75, 3.05) is 6.54 Å². The summed E-state index contributed by atoms with van der Waals surface area (Å²) in [5, 5.41) is 16.4. The molecule has 1 atom stereocenters. The van der Waals surface area contributed by atoms with Crippen molar-refractivity contribution < 1.29 is 23.1 Å². The van der Waals surface area contributed by atoms with E-state index in [4.69, 9.17) is 5.14 Å². The molecule has 0 radical (unpaired) electrons. The standard InChI is InChI=1S/C29H29BrN2O5S/c1-29(2,3)21-10-6-19(7-11-21)25-24(26(33)20-8-12-22(30)13-9-20)27(34)28(35)32(25)17-16-18-4-14-23(15-5-18)38(31,36)37/h4-15,25,33H,16-17H2,1-3H3,(H2,31,36,37)/t25-/m1/s1. The highest BCUT2D eigenvalue weighted by molar-refractivity contribution is 9.10. The van der Waals surface area contributed by atoms with Crippen LogP contribution in [0.25, 0.3) is 5.76 Å². The Hall–Kier alpha value is -3.27. The number of nitrogens with zero attached hydrogens (tertiary/aromatic N) is 1. The van der Waals surface area contributed by atoms with Crippen LogP contribution in [0.1, 0.15) is 49.1 Å². The number of nitrogens with two attached hydrogens (primary N) is 1. The quantitative estimate of drug-likeness (QED) is 0.234. The van der Waals surface area contributed by atoms with Crippen LogP contribution >= 0.6 is 15.9 Å². The van der Waals surface area contributed by atoms with Crippen molar-refractivity contribution in [3.05, 3.63) is 105 Å². The van der Waals surface area contributed by atoms with Gasteiger partial charge < -0.3 is 10.0 Å². The molecule has 3 aromatic carbocycles. The van der Waals surface area contributed by atoms with E-state index >= 15 is 0 Å². The van der Waals surface area contributed by atoms with E-state index in [-0.39, 0.29) is 28.2 Å². The number of likely N-dealkylation sites (tertiary alicyclic amines) is 1. The fourth-order valence-electron chi connectivity index (χ4n) is 4.48. The number of carbonyl (C=O) groups is 2. The second kappa shape index (κ2) is 10.5. The number of ketones is 1. The van der Waals surface area contributed by atoms with Gasteiger partial charge in [0.05, 0.1) is 16.5 Å². The van der Waals surface area contributed by atoms with Gasteiger partial charge in [-0.1, -0.05) is 85.2 Å². The summed E-state index contributed by atoms with van der Waals surface area (Å²) >= 11 is 3.37. The number of hydrogen-bond acceptors (Lipinski definition) is 5. The van der Waals surface area contributed by atoms with Crippen molar-refractivity contribution in [2.24, 2.45) is 5.14 Å². The highest BCUT2D eigenvalue weighted by Crippen LogP contribution is 2.40. The summed E-state index contributed by atoms with van der Waals surface area (Å²) in [6.45, 7) is 6.48. The number of aliphatic hydroxyl groups is 1. The lowest BCUT2D eigenvalue weighted by molar-refractivity contribution is -0.139. The molecule has 0 bridgehead atoms. The Balaban J connectivity index is 1.74. The van der Waals surface area contributed by atoms with Crippen LogP contribution in [0, 0.1) is 0 Å². The van der Waals surface area contributed by atoms with Gasteiger partial charge >= 0.3 is 0 Å². The van der Waals surface area contributed by atoms with Crippen molar-refractivity contribution >= 4 is 43.4 Å². The van der Waals surface area contributed by atoms with Gasteiger partial charge in [-0.05, 0) is 52.8 Å². The minimum atomic E-state index is -3.82. The number of Topliss-reactive ketones (excluding diaryl/α,β-unsaturated/α-hetero) is 1. The van der Waals surface area contributed by atoms with E-state index in [1.54, 1.807) is 36.4 Å². The molecule has 38 heavy (non-hydrogen) atoms. The van der Waals surface area contributed by atoms with Gasteiger partial charge in [-0.15, -0.1) is 0 Å². The molecule has 1 heterocycles. The predicted molar refractivity (Wildman–Crippen MR) is 150 cm³/mol. The number of halogens is 1. The summed E-state index contributed by atoms with van der Waals surface area (Å²) in [6, 6.07) is 19.9. The molecule has 3 aromatic rings. The van der Waals surface area contributed by atoms with E-state index in [2.05, 4.69) is 36.7 Å². The number of hydrogen-bond donors (Lipinski definition) is 2. The lowest BCUT2D eigenvalue weighted by Crippen LogP contribution is -2.31. The van der Waals surface area contributed by atoms with Crippen molar-refractivity contribution in [2.45, 2.75) is 43.5 Å². The van der Waals surface area contributed by atoms with Gasteiger partial charge in [0, 0.05) is 16.6 Å². The van der Waals surface area contributed by atoms with E-state index in [0.29, 0.717) is 17.5 Å². The molecule has 0 aromatic heterocycles. The smallest absolute Gasteiger partial charge is 0.295 e. The van der Waals surface area contributed by atoms with Gasteiger partial charge in [-0.3, -0.25) is 9.59 Å². The van der Waals surface area contributed by atoms with Crippen LogP contribution in [0.15, 0.2) is 87.7 Å². The first-order valence-electron chi connectivity index (χ1n) is 12.0. The van der Waals surface area contributed by atoms with E-state index in [1.165, 1.54) is 17.0 Å². The summed E-state index contributed by atoms with van der Waals surface area (Å²) < 4.78 is 24.0. The SMILES string of the molecule is CC(C)(C)c1ccc([C@@H]2C(=C(O)c3ccc(Br)cc3)C(=O)C(=O)N2CCc2ccc(S(N)(=O)=O)cc2)cc1. The summed E-state index contributed by atoms with van der Waals surface area (Å²) in [6.07, 6.45) is 0.368. The van der Waals surface area contributed by atoms with Gasteiger partial charge in [0.15, 0.2) is 0 Å². The Morgan fingerprint density at radius 3 is 2.05 bits per heavy atom. The normalized spacial score (nSPS) is 17.7. The molecule has 0 spiro atoms. The second-order valence-corrected chi connectivity index (χ2v) is 12.8. The Morgan fingerprint density at radius 2 is 1.53 bits per heavy atom. The molecular weight excluding hydrogens is 568 g/mol. The largest absolute Gasteiger partial charge is 0.507 e. The molecule has 4 rings (SSSR count). The highest BCUT2D eigenvalue weighted by Gasteiger charge is 2.45. The zero-order valence-electron chi connectivity index (χ0n) is 21.3. The van der Waals surface area contributed by atoms with E-state index in [9.17, 15) is 23.1 Å². The number of amides is 1. The monoisotopic (exact) mass is 596 g/mol. The predicted octanol–water partition coefficient (Wildman–Crippen LogP) is 5.06. The molecule has 7 nitrogen and oxygen atoms in total. The topological polar surface area (TPSA) is 118 Å². The molecule has 0 aliphatic carbocycles.